The van der Waals surface area contributed by atoms with Gasteiger partial charge in [-0.25, -0.2) is 4.39 Å². The minimum Gasteiger partial charge on any atom is -0.351 e. The molecule has 1 amide bonds. The third-order valence-corrected chi connectivity index (χ3v) is 5.32. The van der Waals surface area contributed by atoms with Crippen LogP contribution in [0.2, 0.25) is 0 Å². The number of benzene rings is 1. The van der Waals surface area contributed by atoms with Gasteiger partial charge in [0.2, 0.25) is 5.91 Å². The summed E-state index contributed by atoms with van der Waals surface area (Å²) in [4.78, 5) is 13.7. The zero-order chi connectivity index (χ0) is 14.8. The Kier molecular flexibility index (Phi) is 4.40. The van der Waals surface area contributed by atoms with E-state index in [4.69, 9.17) is 0 Å². The first-order valence-electron chi connectivity index (χ1n) is 6.93. The van der Waals surface area contributed by atoms with E-state index in [1.165, 1.54) is 10.9 Å². The van der Waals surface area contributed by atoms with Gasteiger partial charge in [0, 0.05) is 21.5 Å². The van der Waals surface area contributed by atoms with Crippen molar-refractivity contribution in [2.45, 2.75) is 31.7 Å². The minimum absolute atomic E-state index is 0.00581. The van der Waals surface area contributed by atoms with Crippen LogP contribution in [0.1, 0.15) is 34.8 Å². The van der Waals surface area contributed by atoms with Crippen molar-refractivity contribution in [2.75, 3.05) is 0 Å². The smallest absolute Gasteiger partial charge is 0.227 e. The summed E-state index contributed by atoms with van der Waals surface area (Å²) in [6.07, 6.45) is 2.98. The zero-order valence-electron chi connectivity index (χ0n) is 11.4. The van der Waals surface area contributed by atoms with Crippen LogP contribution in [0.3, 0.4) is 0 Å². The van der Waals surface area contributed by atoms with Gasteiger partial charge in [-0.1, -0.05) is 15.9 Å². The number of fused-ring (bicyclic) bond motifs is 1. The van der Waals surface area contributed by atoms with Gasteiger partial charge < -0.3 is 5.32 Å². The molecule has 1 unspecified atom stereocenters. The van der Waals surface area contributed by atoms with Gasteiger partial charge in [0.15, 0.2) is 0 Å². The highest BCUT2D eigenvalue weighted by molar-refractivity contribution is 9.10. The fourth-order valence-electron chi connectivity index (χ4n) is 2.74. The van der Waals surface area contributed by atoms with E-state index in [-0.39, 0.29) is 24.2 Å². The normalized spacial score (nSPS) is 17.3. The summed E-state index contributed by atoms with van der Waals surface area (Å²) in [6, 6.07) is 6.80. The maximum atomic E-state index is 13.7. The quantitative estimate of drug-likeness (QED) is 0.856. The molecule has 5 heteroatoms. The van der Waals surface area contributed by atoms with Gasteiger partial charge in [0.1, 0.15) is 5.82 Å². The SMILES string of the molecule is O=C(NCc1cc(Br)ccc1F)C1CCCc2sccc21. The molecule has 1 aliphatic carbocycles. The molecule has 1 aromatic heterocycles. The molecule has 0 saturated carbocycles. The molecule has 0 aliphatic heterocycles. The van der Waals surface area contributed by atoms with Crippen LogP contribution in [0.5, 0.6) is 0 Å². The van der Waals surface area contributed by atoms with Crippen molar-refractivity contribution in [1.82, 2.24) is 5.32 Å². The summed E-state index contributed by atoms with van der Waals surface area (Å²) in [7, 11) is 0. The number of halogens is 2. The van der Waals surface area contributed by atoms with Crippen molar-refractivity contribution in [3.63, 3.8) is 0 Å². The van der Waals surface area contributed by atoms with Gasteiger partial charge >= 0.3 is 0 Å². The van der Waals surface area contributed by atoms with Crippen LogP contribution < -0.4 is 5.32 Å². The third-order valence-electron chi connectivity index (χ3n) is 3.83. The van der Waals surface area contributed by atoms with E-state index in [0.29, 0.717) is 5.56 Å². The molecule has 3 rings (SSSR count). The Morgan fingerprint density at radius 3 is 3.14 bits per heavy atom. The lowest BCUT2D eigenvalue weighted by molar-refractivity contribution is -0.123. The molecule has 2 aromatic rings. The average Bonchev–Trinajstić information content (AvgIpc) is 2.96. The summed E-state index contributed by atoms with van der Waals surface area (Å²) < 4.78 is 14.5. The summed E-state index contributed by atoms with van der Waals surface area (Å²) >= 11 is 5.04. The second-order valence-corrected chi connectivity index (χ2v) is 7.11. The standard InChI is InChI=1S/C16H15BrFNOS/c17-11-4-5-14(18)10(8-11)9-19-16(20)13-2-1-3-15-12(13)6-7-21-15/h4-8,13H,1-3,9H2,(H,19,20). The Bertz CT molecular complexity index is 670. The van der Waals surface area contributed by atoms with Crippen molar-refractivity contribution in [2.24, 2.45) is 0 Å². The maximum absolute atomic E-state index is 13.7. The molecule has 1 aromatic carbocycles. The highest BCUT2D eigenvalue weighted by Crippen LogP contribution is 2.35. The van der Waals surface area contributed by atoms with Crippen LogP contribution in [-0.4, -0.2) is 5.91 Å². The number of nitrogens with one attached hydrogen (secondary N) is 1. The molecule has 0 radical (unpaired) electrons. The highest BCUT2D eigenvalue weighted by Gasteiger charge is 2.27. The van der Waals surface area contributed by atoms with E-state index >= 15 is 0 Å². The summed E-state index contributed by atoms with van der Waals surface area (Å²) in [5.74, 6) is -0.387. The number of carbonyl (C=O) groups excluding carboxylic acids is 1. The van der Waals surface area contributed by atoms with Crippen molar-refractivity contribution in [3.8, 4) is 0 Å². The monoisotopic (exact) mass is 367 g/mol. The van der Waals surface area contributed by atoms with Crippen molar-refractivity contribution >= 4 is 33.2 Å². The number of hydrogen-bond acceptors (Lipinski definition) is 2. The van der Waals surface area contributed by atoms with Crippen LogP contribution in [0, 0.1) is 5.82 Å². The molecule has 1 aliphatic rings. The van der Waals surface area contributed by atoms with Gasteiger partial charge in [-0.2, -0.15) is 0 Å². The van der Waals surface area contributed by atoms with Gasteiger partial charge in [0.25, 0.3) is 0 Å². The van der Waals surface area contributed by atoms with Gasteiger partial charge in [-0.3, -0.25) is 4.79 Å². The zero-order valence-corrected chi connectivity index (χ0v) is 13.8. The van der Waals surface area contributed by atoms with Gasteiger partial charge in [-0.15, -0.1) is 11.3 Å². The van der Waals surface area contributed by atoms with Crippen LogP contribution in [-0.2, 0) is 17.8 Å². The second kappa shape index (κ2) is 6.28. The first kappa shape index (κ1) is 14.7. The molecule has 1 atom stereocenters. The second-order valence-electron chi connectivity index (χ2n) is 5.20. The van der Waals surface area contributed by atoms with Crippen LogP contribution in [0.15, 0.2) is 34.1 Å². The largest absolute Gasteiger partial charge is 0.351 e. The predicted molar refractivity (Wildman–Crippen MR) is 85.9 cm³/mol. The molecular formula is C16H15BrFNOS. The molecule has 0 spiro atoms. The van der Waals surface area contributed by atoms with E-state index < -0.39 is 0 Å². The summed E-state index contributed by atoms with van der Waals surface area (Å²) in [5, 5.41) is 4.92. The molecular weight excluding hydrogens is 353 g/mol. The molecule has 0 fully saturated rings. The number of carbonyl (C=O) groups is 1. The number of thiophene rings is 1. The number of rotatable bonds is 3. The Morgan fingerprint density at radius 1 is 1.43 bits per heavy atom. The maximum Gasteiger partial charge on any atom is 0.227 e. The molecule has 21 heavy (non-hydrogen) atoms. The van der Waals surface area contributed by atoms with E-state index in [1.54, 1.807) is 23.5 Å². The Balaban J connectivity index is 1.69. The number of hydrogen-bond donors (Lipinski definition) is 1. The first-order valence-corrected chi connectivity index (χ1v) is 8.60. The van der Waals surface area contributed by atoms with Gasteiger partial charge in [0.05, 0.1) is 5.92 Å². The number of aryl methyl sites for hydroxylation is 1. The van der Waals surface area contributed by atoms with E-state index in [1.807, 2.05) is 11.4 Å². The molecule has 0 saturated heterocycles. The van der Waals surface area contributed by atoms with Gasteiger partial charge in [-0.05, 0) is 54.5 Å². The fraction of sp³-hybridized carbons (Fsp3) is 0.312. The lowest BCUT2D eigenvalue weighted by Gasteiger charge is -2.22. The van der Waals surface area contributed by atoms with Crippen molar-refractivity contribution < 1.29 is 9.18 Å². The topological polar surface area (TPSA) is 29.1 Å². The van der Waals surface area contributed by atoms with Crippen molar-refractivity contribution in [1.29, 1.82) is 0 Å². The van der Waals surface area contributed by atoms with Crippen molar-refractivity contribution in [3.05, 3.63) is 55.9 Å². The molecule has 110 valence electrons. The highest BCUT2D eigenvalue weighted by atomic mass is 79.9. The average molecular weight is 368 g/mol. The molecule has 1 N–H and O–H groups in total. The lowest BCUT2D eigenvalue weighted by atomic mass is 9.87. The summed E-state index contributed by atoms with van der Waals surface area (Å²) in [5.41, 5.74) is 1.65. The molecule has 0 bridgehead atoms. The first-order chi connectivity index (χ1) is 10.1. The van der Waals surface area contributed by atoms with Crippen LogP contribution in [0.25, 0.3) is 0 Å². The minimum atomic E-state index is -0.293. The summed E-state index contributed by atoms with van der Waals surface area (Å²) in [6.45, 7) is 0.222. The Hall–Kier alpha value is -1.20. The Morgan fingerprint density at radius 2 is 2.29 bits per heavy atom. The third kappa shape index (κ3) is 3.19. The lowest BCUT2D eigenvalue weighted by Crippen LogP contribution is -2.30. The predicted octanol–water partition coefficient (Wildman–Crippen LogP) is 4.39. The number of amides is 1. The van der Waals surface area contributed by atoms with Crippen LogP contribution in [0.4, 0.5) is 4.39 Å². The molecule has 1 heterocycles. The van der Waals surface area contributed by atoms with E-state index in [9.17, 15) is 9.18 Å². The molecule has 2 nitrogen and oxygen atoms in total. The van der Waals surface area contributed by atoms with Crippen LogP contribution >= 0.6 is 27.3 Å². The van der Waals surface area contributed by atoms with E-state index in [2.05, 4.69) is 21.2 Å². The Labute approximate surface area is 135 Å². The van der Waals surface area contributed by atoms with E-state index in [0.717, 1.165) is 29.3 Å². The fourth-order valence-corrected chi connectivity index (χ4v) is 4.14.